The van der Waals surface area contributed by atoms with Gasteiger partial charge in [-0.15, -0.1) is 0 Å². The molecule has 1 atom stereocenters. The van der Waals surface area contributed by atoms with Crippen LogP contribution in [0.4, 0.5) is 4.79 Å². The van der Waals surface area contributed by atoms with E-state index >= 15 is 0 Å². The molecule has 8 nitrogen and oxygen atoms in total. The van der Waals surface area contributed by atoms with Crippen LogP contribution in [0.15, 0.2) is 30.3 Å². The Hall–Kier alpha value is -2.90. The Morgan fingerprint density at radius 3 is 2.15 bits per heavy atom. The summed E-state index contributed by atoms with van der Waals surface area (Å²) in [4.78, 5) is 46.7. The maximum Gasteiger partial charge on any atom is 0.408 e. The molecule has 0 aliphatic carbocycles. The topological polar surface area (TPSA) is 108 Å². The molecule has 1 aromatic rings. The highest BCUT2D eigenvalue weighted by molar-refractivity contribution is 5.90. The smallest absolute Gasteiger partial charge is 0.408 e. The van der Waals surface area contributed by atoms with Crippen LogP contribution in [0, 0.1) is 0 Å². The molecule has 0 fully saturated rings. The summed E-state index contributed by atoms with van der Waals surface area (Å²) in [6, 6.07) is 8.10. The highest BCUT2D eigenvalue weighted by Gasteiger charge is 2.23. The van der Waals surface area contributed by atoms with Gasteiger partial charge in [0, 0.05) is 12.8 Å². The number of hydrogen-bond donors (Lipinski definition) is 1. The Kier molecular flexibility index (Phi) is 9.45. The lowest BCUT2D eigenvalue weighted by Crippen LogP contribution is -2.41. The van der Waals surface area contributed by atoms with E-state index in [1.807, 2.05) is 18.2 Å². The number of benzene rings is 1. The molecular formula is C18H23NO7. The zero-order chi connectivity index (χ0) is 19.4. The fourth-order valence-corrected chi connectivity index (χ4v) is 2.09. The van der Waals surface area contributed by atoms with Crippen LogP contribution in [0.2, 0.25) is 0 Å². The SMILES string of the molecule is COC(=O)CCC(=O)[C@@H](CCC(=O)OC)NC(=O)OCc1ccccc1. The van der Waals surface area contributed by atoms with Gasteiger partial charge in [0.1, 0.15) is 6.61 Å². The maximum atomic E-state index is 12.2. The Labute approximate surface area is 151 Å². The highest BCUT2D eigenvalue weighted by atomic mass is 16.5. The average molecular weight is 365 g/mol. The lowest BCUT2D eigenvalue weighted by molar-refractivity contribution is -0.143. The first-order chi connectivity index (χ1) is 12.5. The molecule has 0 saturated heterocycles. The van der Waals surface area contributed by atoms with Crippen molar-refractivity contribution >= 4 is 23.8 Å². The largest absolute Gasteiger partial charge is 0.469 e. The van der Waals surface area contributed by atoms with E-state index in [0.717, 1.165) is 5.56 Å². The molecule has 142 valence electrons. The van der Waals surface area contributed by atoms with Crippen LogP contribution in [0.5, 0.6) is 0 Å². The van der Waals surface area contributed by atoms with E-state index in [1.165, 1.54) is 14.2 Å². The van der Waals surface area contributed by atoms with E-state index in [-0.39, 0.29) is 32.3 Å². The van der Waals surface area contributed by atoms with Gasteiger partial charge in [-0.2, -0.15) is 0 Å². The van der Waals surface area contributed by atoms with Crippen molar-refractivity contribution in [3.63, 3.8) is 0 Å². The van der Waals surface area contributed by atoms with E-state index in [9.17, 15) is 19.2 Å². The summed E-state index contributed by atoms with van der Waals surface area (Å²) in [6.45, 7) is 0.0484. The van der Waals surface area contributed by atoms with Gasteiger partial charge in [0.05, 0.1) is 26.7 Å². The van der Waals surface area contributed by atoms with Gasteiger partial charge >= 0.3 is 18.0 Å². The number of alkyl carbamates (subject to hydrolysis) is 1. The van der Waals surface area contributed by atoms with Crippen LogP contribution < -0.4 is 5.32 Å². The van der Waals surface area contributed by atoms with Crippen molar-refractivity contribution in [2.75, 3.05) is 14.2 Å². The zero-order valence-corrected chi connectivity index (χ0v) is 14.9. The third-order valence-electron chi connectivity index (χ3n) is 3.56. The Morgan fingerprint density at radius 1 is 0.923 bits per heavy atom. The first kappa shape index (κ1) is 21.1. The van der Waals surface area contributed by atoms with Crippen molar-refractivity contribution < 1.29 is 33.4 Å². The maximum absolute atomic E-state index is 12.2. The number of amides is 1. The molecule has 26 heavy (non-hydrogen) atoms. The number of nitrogens with one attached hydrogen (secondary N) is 1. The van der Waals surface area contributed by atoms with Gasteiger partial charge in [0.15, 0.2) is 5.78 Å². The van der Waals surface area contributed by atoms with Crippen LogP contribution in [0.25, 0.3) is 0 Å². The summed E-state index contributed by atoms with van der Waals surface area (Å²) in [5.41, 5.74) is 0.797. The molecule has 1 rings (SSSR count). The quantitative estimate of drug-likeness (QED) is 0.497. The highest BCUT2D eigenvalue weighted by Crippen LogP contribution is 2.07. The second-order valence-corrected chi connectivity index (χ2v) is 5.42. The van der Waals surface area contributed by atoms with Crippen molar-refractivity contribution in [2.45, 2.75) is 38.3 Å². The van der Waals surface area contributed by atoms with Gasteiger partial charge in [0.2, 0.25) is 0 Å². The summed E-state index contributed by atoms with van der Waals surface area (Å²) < 4.78 is 14.1. The van der Waals surface area contributed by atoms with Crippen molar-refractivity contribution in [2.24, 2.45) is 0 Å². The Balaban J connectivity index is 2.58. The lowest BCUT2D eigenvalue weighted by atomic mass is 10.0. The normalized spacial score (nSPS) is 11.2. The molecule has 1 amide bonds. The average Bonchev–Trinajstić information content (AvgIpc) is 2.67. The van der Waals surface area contributed by atoms with Gasteiger partial charge in [0.25, 0.3) is 0 Å². The predicted octanol–water partition coefficient (Wildman–Crippen LogP) is 1.76. The monoisotopic (exact) mass is 365 g/mol. The number of carbonyl (C=O) groups excluding carboxylic acids is 4. The van der Waals surface area contributed by atoms with E-state index in [2.05, 4.69) is 14.8 Å². The Morgan fingerprint density at radius 2 is 1.54 bits per heavy atom. The fraction of sp³-hybridized carbons (Fsp3) is 0.444. The minimum Gasteiger partial charge on any atom is -0.469 e. The molecule has 0 saturated carbocycles. The number of Topliss-reactive ketones (excluding diaryl/α,β-unsaturated/α-hetero) is 1. The predicted molar refractivity (Wildman–Crippen MR) is 91.1 cm³/mol. The van der Waals surface area contributed by atoms with Crippen molar-refractivity contribution in [3.05, 3.63) is 35.9 Å². The standard InChI is InChI=1S/C18H23NO7/c1-24-16(21)10-8-14(15(20)9-11-17(22)25-2)19-18(23)26-12-13-6-4-3-5-7-13/h3-7,14H,8-12H2,1-2H3,(H,19,23)/t14-/m1/s1. The van der Waals surface area contributed by atoms with E-state index in [4.69, 9.17) is 4.74 Å². The minimum atomic E-state index is -0.956. The number of ether oxygens (including phenoxy) is 3. The molecule has 1 N–H and O–H groups in total. The molecular weight excluding hydrogens is 342 g/mol. The van der Waals surface area contributed by atoms with Gasteiger partial charge < -0.3 is 19.5 Å². The third kappa shape index (κ3) is 8.27. The molecule has 0 aliphatic rings. The molecule has 0 aliphatic heterocycles. The first-order valence-corrected chi connectivity index (χ1v) is 8.09. The summed E-state index contributed by atoms with van der Waals surface area (Å²) in [5, 5.41) is 2.44. The van der Waals surface area contributed by atoms with Gasteiger partial charge in [-0.25, -0.2) is 4.79 Å². The molecule has 0 aromatic heterocycles. The summed E-state index contributed by atoms with van der Waals surface area (Å²) in [7, 11) is 2.46. The van der Waals surface area contributed by atoms with Gasteiger partial charge in [-0.3, -0.25) is 14.4 Å². The second-order valence-electron chi connectivity index (χ2n) is 5.42. The minimum absolute atomic E-state index is 0.0484. The van der Waals surface area contributed by atoms with Crippen molar-refractivity contribution in [1.29, 1.82) is 0 Å². The number of rotatable bonds is 10. The van der Waals surface area contributed by atoms with Crippen LogP contribution in [-0.4, -0.2) is 44.1 Å². The van der Waals surface area contributed by atoms with Gasteiger partial charge in [-0.05, 0) is 12.0 Å². The van der Waals surface area contributed by atoms with Crippen LogP contribution in [0.1, 0.15) is 31.2 Å². The number of carbonyl (C=O) groups is 4. The van der Waals surface area contributed by atoms with Crippen LogP contribution in [-0.2, 0) is 35.2 Å². The second kappa shape index (κ2) is 11.6. The zero-order valence-electron chi connectivity index (χ0n) is 14.9. The Bertz CT molecular complexity index is 615. The van der Waals surface area contributed by atoms with Crippen LogP contribution >= 0.6 is 0 Å². The molecule has 0 bridgehead atoms. The molecule has 0 unspecified atom stereocenters. The fourth-order valence-electron chi connectivity index (χ4n) is 2.09. The van der Waals surface area contributed by atoms with E-state index in [1.54, 1.807) is 12.1 Å². The van der Waals surface area contributed by atoms with Gasteiger partial charge in [-0.1, -0.05) is 30.3 Å². The number of hydrogen-bond acceptors (Lipinski definition) is 7. The van der Waals surface area contributed by atoms with Crippen molar-refractivity contribution in [3.8, 4) is 0 Å². The van der Waals surface area contributed by atoms with E-state index < -0.39 is 29.9 Å². The lowest BCUT2D eigenvalue weighted by Gasteiger charge is -2.17. The molecule has 0 heterocycles. The first-order valence-electron chi connectivity index (χ1n) is 8.09. The summed E-state index contributed by atoms with van der Waals surface area (Å²) in [6.07, 6.45) is -1.01. The number of esters is 2. The summed E-state index contributed by atoms with van der Waals surface area (Å²) >= 11 is 0. The molecule has 0 radical (unpaired) electrons. The molecule has 8 heteroatoms. The number of methoxy groups -OCH3 is 2. The third-order valence-corrected chi connectivity index (χ3v) is 3.56. The number of ketones is 1. The van der Waals surface area contributed by atoms with Crippen molar-refractivity contribution in [1.82, 2.24) is 5.32 Å². The molecule has 0 spiro atoms. The molecule has 1 aromatic carbocycles. The van der Waals surface area contributed by atoms with E-state index in [0.29, 0.717) is 0 Å². The summed E-state index contributed by atoms with van der Waals surface area (Å²) in [5.74, 6) is -1.43. The van der Waals surface area contributed by atoms with Crippen LogP contribution in [0.3, 0.4) is 0 Å².